The molecule has 0 spiro atoms. The Morgan fingerprint density at radius 1 is 1.24 bits per heavy atom. The first-order valence-corrected chi connectivity index (χ1v) is 7.54. The number of nitrogens with one attached hydrogen (secondary N) is 1. The monoisotopic (exact) mass is 368 g/mol. The lowest BCUT2D eigenvalue weighted by Crippen LogP contribution is -2.19. The molecule has 0 aliphatic carbocycles. The maximum atomic E-state index is 11.7. The van der Waals surface area contributed by atoms with Gasteiger partial charge in [-0.1, -0.05) is 39.7 Å². The molecule has 2 rings (SSSR count). The van der Waals surface area contributed by atoms with Gasteiger partial charge >= 0.3 is 0 Å². The standard InChI is InChI=1S/C15H14BrClN2O2/c16-12-3-1-11(2-4-12)7-8-21-10-15(20)19-13-5-6-14(17)18-9-13/h1-6,9H,7-8,10H2,(H,19,20). The Bertz CT molecular complexity index is 588. The largest absolute Gasteiger partial charge is 0.371 e. The summed E-state index contributed by atoms with van der Waals surface area (Å²) in [5.41, 5.74) is 1.77. The van der Waals surface area contributed by atoms with Crippen LogP contribution in [0.4, 0.5) is 5.69 Å². The Kier molecular flexibility index (Phi) is 6.17. The fourth-order valence-electron chi connectivity index (χ4n) is 1.65. The summed E-state index contributed by atoms with van der Waals surface area (Å²) in [7, 11) is 0. The van der Waals surface area contributed by atoms with Crippen molar-refractivity contribution in [1.82, 2.24) is 4.98 Å². The van der Waals surface area contributed by atoms with E-state index >= 15 is 0 Å². The zero-order valence-corrected chi connectivity index (χ0v) is 13.5. The second kappa shape index (κ2) is 8.12. The molecule has 1 aromatic heterocycles. The van der Waals surface area contributed by atoms with E-state index in [4.69, 9.17) is 16.3 Å². The summed E-state index contributed by atoms with van der Waals surface area (Å²) in [6.07, 6.45) is 2.27. The van der Waals surface area contributed by atoms with Crippen molar-refractivity contribution in [3.63, 3.8) is 0 Å². The van der Waals surface area contributed by atoms with Crippen LogP contribution in [0.1, 0.15) is 5.56 Å². The molecule has 110 valence electrons. The zero-order valence-electron chi connectivity index (χ0n) is 11.2. The third-order valence-corrected chi connectivity index (χ3v) is 3.44. The molecule has 0 saturated heterocycles. The third-order valence-electron chi connectivity index (χ3n) is 2.69. The molecule has 1 heterocycles. The quantitative estimate of drug-likeness (QED) is 0.624. The molecule has 0 unspecified atom stereocenters. The van der Waals surface area contributed by atoms with Gasteiger partial charge < -0.3 is 10.1 Å². The number of pyridine rings is 1. The predicted molar refractivity (Wildman–Crippen MR) is 86.5 cm³/mol. The van der Waals surface area contributed by atoms with Crippen LogP contribution in [0.15, 0.2) is 47.1 Å². The van der Waals surface area contributed by atoms with Crippen molar-refractivity contribution >= 4 is 39.1 Å². The molecule has 0 aliphatic rings. The highest BCUT2D eigenvalue weighted by Gasteiger charge is 2.03. The van der Waals surface area contributed by atoms with Gasteiger partial charge in [-0.2, -0.15) is 0 Å². The minimum Gasteiger partial charge on any atom is -0.371 e. The summed E-state index contributed by atoms with van der Waals surface area (Å²) in [5, 5.41) is 3.07. The van der Waals surface area contributed by atoms with Gasteiger partial charge in [-0.05, 0) is 36.2 Å². The van der Waals surface area contributed by atoms with Crippen LogP contribution >= 0.6 is 27.5 Å². The van der Waals surface area contributed by atoms with Gasteiger partial charge in [0.1, 0.15) is 11.8 Å². The minimum absolute atomic E-state index is 0.0131. The number of hydrogen-bond acceptors (Lipinski definition) is 3. The number of aromatic nitrogens is 1. The lowest BCUT2D eigenvalue weighted by molar-refractivity contribution is -0.120. The van der Waals surface area contributed by atoms with Gasteiger partial charge in [0.05, 0.1) is 18.5 Å². The second-order valence-electron chi connectivity index (χ2n) is 4.35. The fourth-order valence-corrected chi connectivity index (χ4v) is 2.03. The average Bonchev–Trinajstić information content (AvgIpc) is 2.48. The molecule has 0 radical (unpaired) electrons. The highest BCUT2D eigenvalue weighted by molar-refractivity contribution is 9.10. The highest BCUT2D eigenvalue weighted by atomic mass is 79.9. The zero-order chi connectivity index (χ0) is 15.1. The first-order chi connectivity index (χ1) is 10.1. The molecular formula is C15H14BrClN2O2. The van der Waals surface area contributed by atoms with Crippen molar-refractivity contribution in [3.05, 3.63) is 57.8 Å². The summed E-state index contributed by atoms with van der Waals surface area (Å²) in [4.78, 5) is 15.5. The highest BCUT2D eigenvalue weighted by Crippen LogP contribution is 2.11. The normalized spacial score (nSPS) is 10.4. The van der Waals surface area contributed by atoms with Crippen molar-refractivity contribution in [3.8, 4) is 0 Å². The third kappa shape index (κ3) is 5.83. The number of anilines is 1. The van der Waals surface area contributed by atoms with Gasteiger partial charge in [-0.15, -0.1) is 0 Å². The molecule has 2 aromatic rings. The number of halogens is 2. The van der Waals surface area contributed by atoms with E-state index in [1.54, 1.807) is 12.1 Å². The number of rotatable bonds is 6. The lowest BCUT2D eigenvalue weighted by Gasteiger charge is -2.06. The molecule has 1 aromatic carbocycles. The van der Waals surface area contributed by atoms with Crippen molar-refractivity contribution in [2.45, 2.75) is 6.42 Å². The van der Waals surface area contributed by atoms with Gasteiger partial charge in [0.25, 0.3) is 0 Å². The van der Waals surface area contributed by atoms with Gasteiger partial charge in [0, 0.05) is 4.47 Å². The van der Waals surface area contributed by atoms with Crippen LogP contribution in [0.25, 0.3) is 0 Å². The smallest absolute Gasteiger partial charge is 0.250 e. The van der Waals surface area contributed by atoms with Crippen molar-refractivity contribution < 1.29 is 9.53 Å². The number of nitrogens with zero attached hydrogens (tertiary/aromatic N) is 1. The Morgan fingerprint density at radius 3 is 2.67 bits per heavy atom. The van der Waals surface area contributed by atoms with E-state index < -0.39 is 0 Å². The van der Waals surface area contributed by atoms with Gasteiger partial charge in [0.15, 0.2) is 0 Å². The molecule has 0 saturated carbocycles. The second-order valence-corrected chi connectivity index (χ2v) is 5.65. The molecule has 0 fully saturated rings. The fraction of sp³-hybridized carbons (Fsp3) is 0.200. The number of benzene rings is 1. The maximum Gasteiger partial charge on any atom is 0.250 e. The maximum absolute atomic E-state index is 11.7. The molecule has 6 heteroatoms. The first-order valence-electron chi connectivity index (χ1n) is 6.37. The van der Waals surface area contributed by atoms with E-state index in [0.29, 0.717) is 17.4 Å². The Morgan fingerprint density at radius 2 is 2.00 bits per heavy atom. The summed E-state index contributed by atoms with van der Waals surface area (Å²) < 4.78 is 6.40. The SMILES string of the molecule is O=C(COCCc1ccc(Br)cc1)Nc1ccc(Cl)nc1. The van der Waals surface area contributed by atoms with E-state index in [2.05, 4.69) is 26.2 Å². The van der Waals surface area contributed by atoms with Crippen LogP contribution in [-0.2, 0) is 16.0 Å². The number of carbonyl (C=O) groups is 1. The molecule has 0 aliphatic heterocycles. The summed E-state index contributed by atoms with van der Waals surface area (Å²) >= 11 is 9.05. The molecule has 0 atom stereocenters. The minimum atomic E-state index is -0.213. The van der Waals surface area contributed by atoms with Crippen LogP contribution in [0, 0.1) is 0 Å². The van der Waals surface area contributed by atoms with Crippen molar-refractivity contribution in [1.29, 1.82) is 0 Å². The molecule has 1 N–H and O–H groups in total. The van der Waals surface area contributed by atoms with Crippen LogP contribution in [0.3, 0.4) is 0 Å². The van der Waals surface area contributed by atoms with E-state index in [1.165, 1.54) is 11.8 Å². The molecular weight excluding hydrogens is 356 g/mol. The van der Waals surface area contributed by atoms with E-state index in [0.717, 1.165) is 10.9 Å². The molecule has 4 nitrogen and oxygen atoms in total. The topological polar surface area (TPSA) is 51.2 Å². The van der Waals surface area contributed by atoms with Crippen molar-refractivity contribution in [2.24, 2.45) is 0 Å². The predicted octanol–water partition coefficient (Wildman–Crippen LogP) is 3.70. The number of hydrogen-bond donors (Lipinski definition) is 1. The molecule has 1 amide bonds. The van der Waals surface area contributed by atoms with E-state index in [9.17, 15) is 4.79 Å². The Balaban J connectivity index is 1.67. The van der Waals surface area contributed by atoms with Crippen molar-refractivity contribution in [2.75, 3.05) is 18.5 Å². The van der Waals surface area contributed by atoms with Crippen LogP contribution in [0.5, 0.6) is 0 Å². The number of ether oxygens (including phenoxy) is 1. The number of amides is 1. The van der Waals surface area contributed by atoms with E-state index in [1.807, 2.05) is 24.3 Å². The van der Waals surface area contributed by atoms with Gasteiger partial charge in [-0.25, -0.2) is 4.98 Å². The lowest BCUT2D eigenvalue weighted by atomic mass is 10.2. The summed E-state index contributed by atoms with van der Waals surface area (Å²) in [6, 6.07) is 11.3. The Labute approximate surface area is 136 Å². The van der Waals surface area contributed by atoms with Gasteiger partial charge in [-0.3, -0.25) is 4.79 Å². The van der Waals surface area contributed by atoms with E-state index in [-0.39, 0.29) is 12.5 Å². The van der Waals surface area contributed by atoms with Crippen LogP contribution in [0.2, 0.25) is 5.15 Å². The Hall–Kier alpha value is -1.43. The van der Waals surface area contributed by atoms with Gasteiger partial charge in [0.2, 0.25) is 5.91 Å². The number of carbonyl (C=O) groups excluding carboxylic acids is 1. The summed E-state index contributed by atoms with van der Waals surface area (Å²) in [5.74, 6) is -0.213. The van der Waals surface area contributed by atoms with Crippen LogP contribution < -0.4 is 5.32 Å². The van der Waals surface area contributed by atoms with Crippen LogP contribution in [-0.4, -0.2) is 24.1 Å². The first kappa shape index (κ1) is 15.9. The molecule has 21 heavy (non-hydrogen) atoms. The summed E-state index contributed by atoms with van der Waals surface area (Å²) in [6.45, 7) is 0.507. The molecule has 0 bridgehead atoms. The average molecular weight is 370 g/mol.